The van der Waals surface area contributed by atoms with Gasteiger partial charge in [0.2, 0.25) is 0 Å². The minimum absolute atomic E-state index is 0.00756. The molecule has 0 atom stereocenters. The van der Waals surface area contributed by atoms with Gasteiger partial charge in [-0.2, -0.15) is 0 Å². The van der Waals surface area contributed by atoms with E-state index in [9.17, 15) is 9.59 Å². The van der Waals surface area contributed by atoms with Gasteiger partial charge in [0.05, 0.1) is 18.6 Å². The molecule has 2 rings (SSSR count). The summed E-state index contributed by atoms with van der Waals surface area (Å²) in [6, 6.07) is 6.49. The van der Waals surface area contributed by atoms with Crippen LogP contribution in [0.3, 0.4) is 0 Å². The minimum Gasteiger partial charge on any atom is -0.465 e. The van der Waals surface area contributed by atoms with Gasteiger partial charge in [-0.05, 0) is 55.9 Å². The van der Waals surface area contributed by atoms with Gasteiger partial charge < -0.3 is 9.47 Å². The third-order valence-corrected chi connectivity index (χ3v) is 4.64. The molecule has 0 aliphatic heterocycles. The van der Waals surface area contributed by atoms with Crippen LogP contribution < -0.4 is 4.74 Å². The standard InChI is InChI=1S/C19H26O4/c1-3-4-5-14-6-8-16(9-7-14)19(21)23-17-12-10-15(11-13-17)18(20)22-2/h10-14,16H,3-9H2,1-2H3. The fourth-order valence-corrected chi connectivity index (χ4v) is 3.16. The van der Waals surface area contributed by atoms with Crippen LogP contribution in [0.25, 0.3) is 0 Å². The molecule has 1 fully saturated rings. The predicted molar refractivity (Wildman–Crippen MR) is 88.4 cm³/mol. The lowest BCUT2D eigenvalue weighted by Crippen LogP contribution is -2.25. The topological polar surface area (TPSA) is 52.6 Å². The van der Waals surface area contributed by atoms with Gasteiger partial charge in [0.25, 0.3) is 0 Å². The van der Waals surface area contributed by atoms with E-state index in [0.717, 1.165) is 31.6 Å². The predicted octanol–water partition coefficient (Wildman–Crippen LogP) is 4.38. The molecule has 0 amide bonds. The molecule has 0 saturated heterocycles. The zero-order valence-electron chi connectivity index (χ0n) is 14.0. The zero-order valence-corrected chi connectivity index (χ0v) is 14.0. The van der Waals surface area contributed by atoms with E-state index in [1.807, 2.05) is 0 Å². The lowest BCUT2D eigenvalue weighted by Gasteiger charge is -2.27. The number of methoxy groups -OCH3 is 1. The van der Waals surface area contributed by atoms with Crippen LogP contribution in [0.2, 0.25) is 0 Å². The highest BCUT2D eigenvalue weighted by atomic mass is 16.5. The maximum atomic E-state index is 12.2. The Morgan fingerprint density at radius 3 is 2.30 bits per heavy atom. The second-order valence-corrected chi connectivity index (χ2v) is 6.30. The molecule has 0 bridgehead atoms. The molecule has 0 heterocycles. The molecule has 1 aromatic rings. The molecule has 0 spiro atoms. The summed E-state index contributed by atoms with van der Waals surface area (Å²) in [6.45, 7) is 2.22. The number of hydrogen-bond acceptors (Lipinski definition) is 4. The number of rotatable bonds is 6. The molecule has 0 N–H and O–H groups in total. The summed E-state index contributed by atoms with van der Waals surface area (Å²) in [7, 11) is 1.34. The number of hydrogen-bond donors (Lipinski definition) is 0. The van der Waals surface area contributed by atoms with E-state index < -0.39 is 5.97 Å². The summed E-state index contributed by atoms with van der Waals surface area (Å²) in [5.74, 6) is 0.722. The molecular weight excluding hydrogens is 292 g/mol. The molecule has 23 heavy (non-hydrogen) atoms. The van der Waals surface area contributed by atoms with Gasteiger partial charge >= 0.3 is 11.9 Å². The SMILES string of the molecule is CCCCC1CCC(C(=O)Oc2ccc(C(=O)OC)cc2)CC1. The summed E-state index contributed by atoms with van der Waals surface area (Å²) in [5, 5.41) is 0. The fourth-order valence-electron chi connectivity index (χ4n) is 3.16. The second-order valence-electron chi connectivity index (χ2n) is 6.30. The van der Waals surface area contributed by atoms with Crippen molar-refractivity contribution in [3.63, 3.8) is 0 Å². The third-order valence-electron chi connectivity index (χ3n) is 4.64. The fraction of sp³-hybridized carbons (Fsp3) is 0.579. The highest BCUT2D eigenvalue weighted by molar-refractivity contribution is 5.89. The first-order valence-corrected chi connectivity index (χ1v) is 8.54. The molecule has 0 aromatic heterocycles. The summed E-state index contributed by atoms with van der Waals surface area (Å²) in [4.78, 5) is 23.6. The Labute approximate surface area is 138 Å². The number of esters is 2. The van der Waals surface area contributed by atoms with Gasteiger partial charge in [0.1, 0.15) is 5.75 Å². The lowest BCUT2D eigenvalue weighted by atomic mass is 9.80. The van der Waals surface area contributed by atoms with Gasteiger partial charge in [-0.25, -0.2) is 4.79 Å². The summed E-state index contributed by atoms with van der Waals surface area (Å²) in [5.41, 5.74) is 0.448. The molecule has 0 unspecified atom stereocenters. The maximum absolute atomic E-state index is 12.2. The van der Waals surface area contributed by atoms with Crippen LogP contribution in [-0.4, -0.2) is 19.0 Å². The van der Waals surface area contributed by atoms with Gasteiger partial charge in [-0.1, -0.05) is 26.2 Å². The quantitative estimate of drug-likeness (QED) is 0.577. The highest BCUT2D eigenvalue weighted by Gasteiger charge is 2.27. The van der Waals surface area contributed by atoms with E-state index in [1.54, 1.807) is 24.3 Å². The summed E-state index contributed by atoms with van der Waals surface area (Å²) < 4.78 is 10.1. The van der Waals surface area contributed by atoms with Crippen molar-refractivity contribution >= 4 is 11.9 Å². The zero-order chi connectivity index (χ0) is 16.7. The molecule has 126 valence electrons. The molecule has 4 nitrogen and oxygen atoms in total. The van der Waals surface area contributed by atoms with E-state index in [1.165, 1.54) is 26.4 Å². The number of carbonyl (C=O) groups excluding carboxylic acids is 2. The molecule has 1 aliphatic carbocycles. The molecule has 0 radical (unpaired) electrons. The van der Waals surface area contributed by atoms with Crippen LogP contribution >= 0.6 is 0 Å². The van der Waals surface area contributed by atoms with E-state index in [-0.39, 0.29) is 11.9 Å². The number of ether oxygens (including phenoxy) is 2. The van der Waals surface area contributed by atoms with Crippen molar-refractivity contribution in [2.75, 3.05) is 7.11 Å². The minimum atomic E-state index is -0.395. The van der Waals surface area contributed by atoms with Crippen LogP contribution in [0, 0.1) is 11.8 Å². The van der Waals surface area contributed by atoms with Crippen molar-refractivity contribution < 1.29 is 19.1 Å². The average Bonchev–Trinajstić information content (AvgIpc) is 2.60. The summed E-state index contributed by atoms with van der Waals surface area (Å²) in [6.07, 6.45) is 7.91. The first kappa shape index (κ1) is 17.5. The smallest absolute Gasteiger partial charge is 0.337 e. The van der Waals surface area contributed by atoms with Gasteiger partial charge in [-0.3, -0.25) is 4.79 Å². The van der Waals surface area contributed by atoms with Crippen molar-refractivity contribution in [1.82, 2.24) is 0 Å². The molecule has 1 aliphatic rings. The van der Waals surface area contributed by atoms with Crippen molar-refractivity contribution in [3.05, 3.63) is 29.8 Å². The Morgan fingerprint density at radius 2 is 1.74 bits per heavy atom. The second kappa shape index (κ2) is 8.70. The Balaban J connectivity index is 1.82. The normalized spacial score (nSPS) is 20.8. The van der Waals surface area contributed by atoms with Crippen molar-refractivity contribution in [3.8, 4) is 5.75 Å². The Bertz CT molecular complexity index is 513. The van der Waals surface area contributed by atoms with E-state index >= 15 is 0 Å². The van der Waals surface area contributed by atoms with Gasteiger partial charge in [-0.15, -0.1) is 0 Å². The first-order chi connectivity index (χ1) is 11.1. The average molecular weight is 318 g/mol. The van der Waals surface area contributed by atoms with Crippen LogP contribution in [0.1, 0.15) is 62.2 Å². The van der Waals surface area contributed by atoms with Gasteiger partial charge in [0, 0.05) is 0 Å². The van der Waals surface area contributed by atoms with Crippen LogP contribution in [0.5, 0.6) is 5.75 Å². The third kappa shape index (κ3) is 5.08. The van der Waals surface area contributed by atoms with Crippen LogP contribution in [0.15, 0.2) is 24.3 Å². The first-order valence-electron chi connectivity index (χ1n) is 8.54. The van der Waals surface area contributed by atoms with Crippen molar-refractivity contribution in [1.29, 1.82) is 0 Å². The monoisotopic (exact) mass is 318 g/mol. The van der Waals surface area contributed by atoms with E-state index in [0.29, 0.717) is 11.3 Å². The molecule has 1 saturated carbocycles. The lowest BCUT2D eigenvalue weighted by molar-refractivity contribution is -0.140. The number of unbranched alkanes of at least 4 members (excludes halogenated alkanes) is 1. The Kier molecular flexibility index (Phi) is 6.63. The summed E-state index contributed by atoms with van der Waals surface area (Å²) >= 11 is 0. The number of benzene rings is 1. The molecular formula is C19H26O4. The van der Waals surface area contributed by atoms with Gasteiger partial charge in [0.15, 0.2) is 0 Å². The van der Waals surface area contributed by atoms with E-state index in [4.69, 9.17) is 4.74 Å². The van der Waals surface area contributed by atoms with Crippen molar-refractivity contribution in [2.45, 2.75) is 51.9 Å². The van der Waals surface area contributed by atoms with Crippen LogP contribution in [0.4, 0.5) is 0 Å². The van der Waals surface area contributed by atoms with Crippen molar-refractivity contribution in [2.24, 2.45) is 11.8 Å². The number of carbonyl (C=O) groups is 2. The Hall–Kier alpha value is -1.84. The highest BCUT2D eigenvalue weighted by Crippen LogP contribution is 2.32. The van der Waals surface area contributed by atoms with Crippen LogP contribution in [-0.2, 0) is 9.53 Å². The molecule has 4 heteroatoms. The maximum Gasteiger partial charge on any atom is 0.337 e. The largest absolute Gasteiger partial charge is 0.465 e. The molecule has 1 aromatic carbocycles. The van der Waals surface area contributed by atoms with E-state index in [2.05, 4.69) is 11.7 Å². The Morgan fingerprint density at radius 1 is 1.09 bits per heavy atom.